The van der Waals surface area contributed by atoms with Crippen molar-refractivity contribution in [1.82, 2.24) is 10.5 Å². The summed E-state index contributed by atoms with van der Waals surface area (Å²) >= 11 is 0. The van der Waals surface area contributed by atoms with Crippen LogP contribution < -0.4 is 20.1 Å². The van der Waals surface area contributed by atoms with Crippen LogP contribution in [0.3, 0.4) is 0 Å². The van der Waals surface area contributed by atoms with E-state index in [0.29, 0.717) is 28.5 Å². The molecule has 1 unspecified atom stereocenters. The van der Waals surface area contributed by atoms with E-state index in [4.69, 9.17) is 18.7 Å². The molecule has 0 saturated heterocycles. The number of para-hydroxylation sites is 1. The number of carbonyl (C=O) groups excluding carboxylic acids is 3. The minimum absolute atomic E-state index is 0.266. The molecule has 3 aromatic rings. The number of ether oxygens (including phenoxy) is 3. The number of benzene rings is 2. The maximum atomic E-state index is 12.2. The molecule has 36 heavy (non-hydrogen) atoms. The second-order valence-corrected chi connectivity index (χ2v) is 7.72. The van der Waals surface area contributed by atoms with Crippen LogP contribution in [0.15, 0.2) is 59.1 Å². The fourth-order valence-electron chi connectivity index (χ4n) is 3.09. The van der Waals surface area contributed by atoms with Gasteiger partial charge in [-0.05, 0) is 56.7 Å². The van der Waals surface area contributed by atoms with Crippen LogP contribution in [0.1, 0.15) is 29.5 Å². The van der Waals surface area contributed by atoms with Crippen molar-refractivity contribution in [2.75, 3.05) is 12.4 Å². The van der Waals surface area contributed by atoms with Gasteiger partial charge in [-0.3, -0.25) is 10.1 Å². The van der Waals surface area contributed by atoms with E-state index in [0.717, 1.165) is 11.3 Å². The number of hydrogen-bond donors (Lipinski definition) is 2. The summed E-state index contributed by atoms with van der Waals surface area (Å²) in [6.45, 7) is 5.28. The van der Waals surface area contributed by atoms with Gasteiger partial charge in [-0.25, -0.2) is 9.59 Å². The normalized spacial score (nSPS) is 11.6. The Bertz CT molecular complexity index is 1230. The summed E-state index contributed by atoms with van der Waals surface area (Å²) in [7, 11) is 1.51. The van der Waals surface area contributed by atoms with Crippen LogP contribution in [0.5, 0.6) is 11.5 Å². The van der Waals surface area contributed by atoms with Crippen LogP contribution in [-0.4, -0.2) is 36.3 Å². The van der Waals surface area contributed by atoms with Crippen molar-refractivity contribution in [3.63, 3.8) is 0 Å². The van der Waals surface area contributed by atoms with Crippen molar-refractivity contribution < 1.29 is 33.1 Å². The molecular formula is C26H27N3O7. The molecule has 0 spiro atoms. The van der Waals surface area contributed by atoms with Gasteiger partial charge in [0, 0.05) is 11.8 Å². The van der Waals surface area contributed by atoms with Gasteiger partial charge in [0.2, 0.25) is 0 Å². The number of nitrogens with one attached hydrogen (secondary N) is 2. The average Bonchev–Trinajstić information content (AvgIpc) is 3.18. The first-order chi connectivity index (χ1) is 17.3. The number of rotatable bonds is 9. The Morgan fingerprint density at radius 2 is 1.83 bits per heavy atom. The molecule has 0 fully saturated rings. The lowest BCUT2D eigenvalue weighted by Gasteiger charge is -2.12. The number of urea groups is 1. The quantitative estimate of drug-likeness (QED) is 0.336. The first kappa shape index (κ1) is 26.0. The molecule has 10 heteroatoms. The van der Waals surface area contributed by atoms with Gasteiger partial charge >= 0.3 is 12.0 Å². The Morgan fingerprint density at radius 3 is 2.50 bits per heavy atom. The Kier molecular flexibility index (Phi) is 8.82. The van der Waals surface area contributed by atoms with Crippen LogP contribution in [0.4, 0.5) is 10.5 Å². The highest BCUT2D eigenvalue weighted by Crippen LogP contribution is 2.30. The highest BCUT2D eigenvalue weighted by molar-refractivity contribution is 6.03. The highest BCUT2D eigenvalue weighted by atomic mass is 16.5. The smallest absolute Gasteiger partial charge is 0.331 e. The first-order valence-electron chi connectivity index (χ1n) is 11.0. The van der Waals surface area contributed by atoms with Crippen molar-refractivity contribution in [2.24, 2.45) is 0 Å². The van der Waals surface area contributed by atoms with Crippen molar-refractivity contribution >= 4 is 29.7 Å². The van der Waals surface area contributed by atoms with Gasteiger partial charge < -0.3 is 24.1 Å². The predicted octanol–water partition coefficient (Wildman–Crippen LogP) is 4.17. The highest BCUT2D eigenvalue weighted by Gasteiger charge is 2.19. The van der Waals surface area contributed by atoms with Gasteiger partial charge in [0.25, 0.3) is 5.91 Å². The Labute approximate surface area is 208 Å². The summed E-state index contributed by atoms with van der Waals surface area (Å²) in [5.74, 6) is 0.153. The molecule has 2 aromatic carbocycles. The molecule has 1 heterocycles. The zero-order valence-electron chi connectivity index (χ0n) is 20.4. The molecule has 188 valence electrons. The van der Waals surface area contributed by atoms with E-state index in [2.05, 4.69) is 15.8 Å². The summed E-state index contributed by atoms with van der Waals surface area (Å²) in [5.41, 5.74) is 2.78. The summed E-state index contributed by atoms with van der Waals surface area (Å²) in [4.78, 5) is 36.2. The number of methoxy groups -OCH3 is 1. The number of amides is 3. The molecular weight excluding hydrogens is 466 g/mol. The van der Waals surface area contributed by atoms with E-state index >= 15 is 0 Å². The Morgan fingerprint density at radius 1 is 1.08 bits per heavy atom. The Hall–Kier alpha value is -4.60. The van der Waals surface area contributed by atoms with Crippen LogP contribution in [0.25, 0.3) is 6.08 Å². The monoisotopic (exact) mass is 493 g/mol. The molecule has 0 bridgehead atoms. The van der Waals surface area contributed by atoms with E-state index in [1.807, 2.05) is 13.8 Å². The molecule has 3 rings (SSSR count). The molecule has 1 aromatic heterocycles. The van der Waals surface area contributed by atoms with Crippen LogP contribution >= 0.6 is 0 Å². The molecule has 3 amide bonds. The van der Waals surface area contributed by atoms with Crippen molar-refractivity contribution in [3.8, 4) is 11.5 Å². The van der Waals surface area contributed by atoms with Gasteiger partial charge in [0.15, 0.2) is 17.6 Å². The predicted molar refractivity (Wildman–Crippen MR) is 131 cm³/mol. The third-order valence-electron chi connectivity index (χ3n) is 5.08. The summed E-state index contributed by atoms with van der Waals surface area (Å²) in [6.07, 6.45) is 1.50. The van der Waals surface area contributed by atoms with Gasteiger partial charge in [0.05, 0.1) is 18.4 Å². The number of carbonyl (C=O) groups is 3. The lowest BCUT2D eigenvalue weighted by atomic mass is 10.2. The van der Waals surface area contributed by atoms with E-state index < -0.39 is 24.0 Å². The zero-order valence-corrected chi connectivity index (χ0v) is 20.4. The van der Waals surface area contributed by atoms with Gasteiger partial charge in [0.1, 0.15) is 12.4 Å². The molecule has 0 radical (unpaired) electrons. The van der Waals surface area contributed by atoms with Gasteiger partial charge in [-0.2, -0.15) is 0 Å². The molecule has 0 aliphatic heterocycles. The third kappa shape index (κ3) is 7.20. The van der Waals surface area contributed by atoms with Crippen molar-refractivity contribution in [2.45, 2.75) is 33.5 Å². The van der Waals surface area contributed by atoms with E-state index in [-0.39, 0.29) is 6.61 Å². The number of esters is 1. The van der Waals surface area contributed by atoms with E-state index in [9.17, 15) is 14.4 Å². The molecule has 10 nitrogen and oxygen atoms in total. The fourth-order valence-corrected chi connectivity index (χ4v) is 3.09. The number of imide groups is 1. The van der Waals surface area contributed by atoms with Crippen molar-refractivity contribution in [1.29, 1.82) is 0 Å². The topological polar surface area (TPSA) is 129 Å². The van der Waals surface area contributed by atoms with Gasteiger partial charge in [-0.15, -0.1) is 0 Å². The maximum absolute atomic E-state index is 12.2. The number of aryl methyl sites for hydroxylation is 2. The Balaban J connectivity index is 1.52. The summed E-state index contributed by atoms with van der Waals surface area (Å²) in [5, 5.41) is 8.54. The standard InChI is InChI=1S/C26H27N3O7/c1-16-21(17(2)36-29-16)15-34-22-12-10-19(14-23(22)33-4)11-13-24(30)35-18(3)25(31)28-26(32)27-20-8-6-5-7-9-20/h5-14,18H,15H2,1-4H3,(H2,27,28,31,32)/b13-11+. The lowest BCUT2D eigenvalue weighted by Crippen LogP contribution is -2.41. The van der Waals surface area contributed by atoms with Crippen LogP contribution in [-0.2, 0) is 20.9 Å². The molecule has 0 saturated carbocycles. The van der Waals surface area contributed by atoms with Crippen LogP contribution in [0, 0.1) is 13.8 Å². The lowest BCUT2D eigenvalue weighted by molar-refractivity contribution is -0.149. The minimum Gasteiger partial charge on any atom is -0.493 e. The fraction of sp³-hybridized carbons (Fsp3) is 0.231. The molecule has 0 aliphatic rings. The summed E-state index contributed by atoms with van der Waals surface area (Å²) in [6, 6.07) is 13.0. The van der Waals surface area contributed by atoms with Crippen molar-refractivity contribution in [3.05, 3.63) is 77.2 Å². The second-order valence-electron chi connectivity index (χ2n) is 7.72. The second kappa shape index (κ2) is 12.2. The largest absolute Gasteiger partial charge is 0.493 e. The average molecular weight is 494 g/mol. The molecule has 0 aliphatic carbocycles. The number of nitrogens with zero attached hydrogens (tertiary/aromatic N) is 1. The third-order valence-corrected chi connectivity index (χ3v) is 5.08. The molecule has 1 atom stereocenters. The minimum atomic E-state index is -1.18. The maximum Gasteiger partial charge on any atom is 0.331 e. The van der Waals surface area contributed by atoms with Gasteiger partial charge in [-0.1, -0.05) is 29.4 Å². The zero-order chi connectivity index (χ0) is 26.1. The number of anilines is 1. The van der Waals surface area contributed by atoms with E-state index in [1.54, 1.807) is 48.5 Å². The summed E-state index contributed by atoms with van der Waals surface area (Å²) < 4.78 is 21.5. The molecule has 2 N–H and O–H groups in total. The first-order valence-corrected chi connectivity index (χ1v) is 11.0. The van der Waals surface area contributed by atoms with E-state index in [1.165, 1.54) is 26.2 Å². The number of hydrogen-bond acceptors (Lipinski definition) is 8. The SMILES string of the molecule is COc1cc(/C=C/C(=O)OC(C)C(=O)NC(=O)Nc2ccccc2)ccc1OCc1c(C)noc1C. The van der Waals surface area contributed by atoms with Crippen LogP contribution in [0.2, 0.25) is 0 Å². The number of aromatic nitrogens is 1.